The highest BCUT2D eigenvalue weighted by molar-refractivity contribution is 5.85. The Morgan fingerprint density at radius 3 is 1.47 bits per heavy atom. The van der Waals surface area contributed by atoms with E-state index in [1.807, 2.05) is 0 Å². The zero-order valence-corrected chi connectivity index (χ0v) is 11.7. The standard InChI is InChI=1S/C9H23N9.ClH/c10-7(11)16-3-1-5-18(9(14)15)6-2-4-17-8(12)13;/h1-6H2,(H3,14,15)(H4,10,11,16)(H4,12,13,17);1H. The third kappa shape index (κ3) is 12.3. The first-order chi connectivity index (χ1) is 8.43. The molecule has 0 radical (unpaired) electrons. The van der Waals surface area contributed by atoms with E-state index in [4.69, 9.17) is 34.1 Å². The number of hydrogen-bond acceptors (Lipinski definition) is 3. The summed E-state index contributed by atoms with van der Waals surface area (Å²) < 4.78 is 0. The topological polar surface area (TPSA) is 182 Å². The number of hydrogen-bond donors (Lipinski definition) is 6. The normalized spacial score (nSPS) is 9.05. The Kier molecular flexibility index (Phi) is 11.5. The number of guanidine groups is 3. The third-order valence-electron chi connectivity index (χ3n) is 2.10. The number of rotatable bonds is 8. The lowest BCUT2D eigenvalue weighted by Gasteiger charge is -2.21. The summed E-state index contributed by atoms with van der Waals surface area (Å²) in [7, 11) is 0. The van der Waals surface area contributed by atoms with Crippen molar-refractivity contribution in [3.05, 3.63) is 0 Å². The first kappa shape index (κ1) is 19.4. The van der Waals surface area contributed by atoms with Crippen molar-refractivity contribution in [3.63, 3.8) is 0 Å². The highest BCUT2D eigenvalue weighted by atomic mass is 35.5. The Morgan fingerprint density at radius 2 is 1.21 bits per heavy atom. The van der Waals surface area contributed by atoms with Gasteiger partial charge in [0.15, 0.2) is 17.9 Å². The Hall–Kier alpha value is -1.90. The summed E-state index contributed by atoms with van der Waals surface area (Å²) in [5.41, 5.74) is 26.3. The van der Waals surface area contributed by atoms with Gasteiger partial charge in [0.25, 0.3) is 0 Å². The van der Waals surface area contributed by atoms with Crippen molar-refractivity contribution in [2.75, 3.05) is 26.2 Å². The Morgan fingerprint density at radius 1 is 0.842 bits per heavy atom. The van der Waals surface area contributed by atoms with Crippen LogP contribution in [0.3, 0.4) is 0 Å². The summed E-state index contributed by atoms with van der Waals surface area (Å²) in [5.74, 6) is 0.152. The van der Waals surface area contributed by atoms with Gasteiger partial charge in [0.2, 0.25) is 0 Å². The second-order valence-corrected chi connectivity index (χ2v) is 3.69. The fourth-order valence-electron chi connectivity index (χ4n) is 1.29. The molecule has 0 saturated heterocycles. The van der Waals surface area contributed by atoms with Crippen LogP contribution in [0.1, 0.15) is 12.8 Å². The number of nitrogens with two attached hydrogens (primary N) is 5. The van der Waals surface area contributed by atoms with Gasteiger partial charge in [0.05, 0.1) is 0 Å². The fraction of sp³-hybridized carbons (Fsp3) is 0.667. The molecule has 112 valence electrons. The van der Waals surface area contributed by atoms with Crippen molar-refractivity contribution in [2.45, 2.75) is 12.8 Å². The van der Waals surface area contributed by atoms with Gasteiger partial charge in [-0.15, -0.1) is 12.4 Å². The summed E-state index contributed by atoms with van der Waals surface area (Å²) in [6.45, 7) is 2.27. The molecule has 0 bridgehead atoms. The smallest absolute Gasteiger partial charge is 0.188 e. The van der Waals surface area contributed by atoms with Gasteiger partial charge in [-0.05, 0) is 12.8 Å². The van der Waals surface area contributed by atoms with E-state index in [1.165, 1.54) is 0 Å². The van der Waals surface area contributed by atoms with Crippen LogP contribution < -0.4 is 28.7 Å². The zero-order chi connectivity index (χ0) is 14.0. The van der Waals surface area contributed by atoms with E-state index >= 15 is 0 Å². The molecule has 0 atom stereocenters. The van der Waals surface area contributed by atoms with Crippen LogP contribution in [0.4, 0.5) is 0 Å². The van der Waals surface area contributed by atoms with Crippen molar-refractivity contribution < 1.29 is 0 Å². The maximum absolute atomic E-state index is 7.42. The predicted molar refractivity (Wildman–Crippen MR) is 81.3 cm³/mol. The van der Waals surface area contributed by atoms with E-state index in [-0.39, 0.29) is 30.3 Å². The average Bonchev–Trinajstić information content (AvgIpc) is 2.25. The van der Waals surface area contributed by atoms with Gasteiger partial charge in [-0.3, -0.25) is 15.4 Å². The zero-order valence-electron chi connectivity index (χ0n) is 10.9. The highest BCUT2D eigenvalue weighted by Crippen LogP contribution is 1.94. The molecule has 10 heteroatoms. The van der Waals surface area contributed by atoms with Gasteiger partial charge in [-0.1, -0.05) is 0 Å². The lowest BCUT2D eigenvalue weighted by molar-refractivity contribution is 0.401. The van der Waals surface area contributed by atoms with Crippen LogP contribution in [0.2, 0.25) is 0 Å². The van der Waals surface area contributed by atoms with Gasteiger partial charge >= 0.3 is 0 Å². The van der Waals surface area contributed by atoms with Crippen LogP contribution in [0.5, 0.6) is 0 Å². The summed E-state index contributed by atoms with van der Waals surface area (Å²) in [6, 6.07) is 0. The SMILES string of the molecule is Cl.N=C(N)N(CCCN=C(N)N)CCCN=C(N)N. The Labute approximate surface area is 119 Å². The van der Waals surface area contributed by atoms with Gasteiger partial charge in [-0.2, -0.15) is 0 Å². The van der Waals surface area contributed by atoms with Crippen LogP contribution in [0, 0.1) is 5.41 Å². The van der Waals surface area contributed by atoms with Crippen LogP contribution in [-0.4, -0.2) is 49.0 Å². The summed E-state index contributed by atoms with van der Waals surface area (Å²) >= 11 is 0. The summed E-state index contributed by atoms with van der Waals surface area (Å²) in [4.78, 5) is 9.44. The first-order valence-electron chi connectivity index (χ1n) is 5.63. The molecule has 11 N–H and O–H groups in total. The van der Waals surface area contributed by atoms with E-state index in [0.717, 1.165) is 12.8 Å². The van der Waals surface area contributed by atoms with E-state index in [0.29, 0.717) is 26.2 Å². The minimum absolute atomic E-state index is 0. The van der Waals surface area contributed by atoms with E-state index in [2.05, 4.69) is 9.98 Å². The minimum atomic E-state index is 0. The van der Waals surface area contributed by atoms with Crippen molar-refractivity contribution in [1.29, 1.82) is 5.41 Å². The molecule has 0 unspecified atom stereocenters. The molecular formula is C9H24ClN9. The molecule has 0 rings (SSSR count). The van der Waals surface area contributed by atoms with Crippen LogP contribution in [0.25, 0.3) is 0 Å². The van der Waals surface area contributed by atoms with Crippen molar-refractivity contribution in [2.24, 2.45) is 38.7 Å². The van der Waals surface area contributed by atoms with E-state index < -0.39 is 0 Å². The highest BCUT2D eigenvalue weighted by Gasteiger charge is 2.05. The molecule has 0 spiro atoms. The van der Waals surface area contributed by atoms with Gasteiger partial charge < -0.3 is 33.6 Å². The second-order valence-electron chi connectivity index (χ2n) is 3.69. The summed E-state index contributed by atoms with van der Waals surface area (Å²) in [5, 5.41) is 7.42. The lowest BCUT2D eigenvalue weighted by Crippen LogP contribution is -2.38. The van der Waals surface area contributed by atoms with Crippen LogP contribution in [0.15, 0.2) is 9.98 Å². The summed E-state index contributed by atoms with van der Waals surface area (Å²) in [6.07, 6.45) is 1.44. The van der Waals surface area contributed by atoms with Crippen molar-refractivity contribution in [1.82, 2.24) is 4.90 Å². The van der Waals surface area contributed by atoms with Gasteiger partial charge in [0.1, 0.15) is 0 Å². The second kappa shape index (κ2) is 11.2. The molecule has 0 aromatic carbocycles. The number of halogens is 1. The number of nitrogens with one attached hydrogen (secondary N) is 1. The van der Waals surface area contributed by atoms with Gasteiger partial charge in [0, 0.05) is 26.2 Å². The van der Waals surface area contributed by atoms with Gasteiger partial charge in [-0.25, -0.2) is 0 Å². The Bertz CT molecular complexity index is 283. The molecule has 0 aromatic rings. The van der Waals surface area contributed by atoms with E-state index in [1.54, 1.807) is 4.90 Å². The molecule has 0 saturated carbocycles. The van der Waals surface area contributed by atoms with E-state index in [9.17, 15) is 0 Å². The molecule has 0 amide bonds. The third-order valence-corrected chi connectivity index (χ3v) is 2.10. The van der Waals surface area contributed by atoms with Crippen molar-refractivity contribution in [3.8, 4) is 0 Å². The molecule has 0 fully saturated rings. The molecule has 0 heterocycles. The fourth-order valence-corrected chi connectivity index (χ4v) is 1.29. The number of nitrogens with zero attached hydrogens (tertiary/aromatic N) is 3. The monoisotopic (exact) mass is 293 g/mol. The first-order valence-corrected chi connectivity index (χ1v) is 5.63. The molecular weight excluding hydrogens is 270 g/mol. The molecule has 0 aliphatic rings. The Balaban J connectivity index is 0. The molecule has 0 aliphatic carbocycles. The van der Waals surface area contributed by atoms with Crippen LogP contribution in [-0.2, 0) is 0 Å². The average molecular weight is 294 g/mol. The van der Waals surface area contributed by atoms with Crippen LogP contribution >= 0.6 is 12.4 Å². The lowest BCUT2D eigenvalue weighted by atomic mass is 10.3. The maximum Gasteiger partial charge on any atom is 0.188 e. The minimum Gasteiger partial charge on any atom is -0.370 e. The largest absolute Gasteiger partial charge is 0.370 e. The molecule has 9 nitrogen and oxygen atoms in total. The predicted octanol–water partition coefficient (Wildman–Crippen LogP) is -2.07. The molecule has 19 heavy (non-hydrogen) atoms. The number of aliphatic imine (C=N–C) groups is 2. The van der Waals surface area contributed by atoms with Crippen molar-refractivity contribution >= 4 is 30.3 Å². The quantitative estimate of drug-likeness (QED) is 0.170. The maximum atomic E-state index is 7.42. The molecule has 0 aromatic heterocycles. The molecule has 0 aliphatic heterocycles.